The van der Waals surface area contributed by atoms with Crippen LogP contribution in [-0.2, 0) is 0 Å². The van der Waals surface area contributed by atoms with Gasteiger partial charge in [0.25, 0.3) is 0 Å². The number of ketones is 1. The molecule has 0 aromatic heterocycles. The number of hydrogen-bond acceptors (Lipinski definition) is 3. The van der Waals surface area contributed by atoms with Crippen molar-refractivity contribution in [2.45, 2.75) is 6.04 Å². The molecular weight excluding hydrogens is 284 g/mol. The average molecular weight is 300 g/mol. The Kier molecular flexibility index (Phi) is 3.31. The van der Waals surface area contributed by atoms with E-state index in [0.717, 1.165) is 16.8 Å². The highest BCUT2D eigenvalue weighted by Crippen LogP contribution is 2.32. The predicted molar refractivity (Wildman–Crippen MR) is 91.2 cm³/mol. The first-order chi connectivity index (χ1) is 11.3. The number of hydrogen-bond donors (Lipinski definition) is 1. The van der Waals surface area contributed by atoms with Gasteiger partial charge in [-0.2, -0.15) is 0 Å². The maximum Gasteiger partial charge on any atom is 0.193 e. The van der Waals surface area contributed by atoms with Crippen molar-refractivity contribution < 1.29 is 4.79 Å². The SMILES string of the molecule is O=C(C1=C(c2ccccc2)NN2C=CC=CC12)c1ccccc1. The van der Waals surface area contributed by atoms with Crippen LogP contribution in [0.15, 0.2) is 90.7 Å². The molecule has 2 aliphatic rings. The molecule has 112 valence electrons. The average Bonchev–Trinajstić information content (AvgIpc) is 3.02. The fourth-order valence-electron chi connectivity index (χ4n) is 2.99. The molecule has 0 bridgehead atoms. The van der Waals surface area contributed by atoms with Gasteiger partial charge < -0.3 is 0 Å². The first-order valence-electron chi connectivity index (χ1n) is 7.64. The van der Waals surface area contributed by atoms with Gasteiger partial charge >= 0.3 is 0 Å². The maximum atomic E-state index is 13.1. The molecule has 0 radical (unpaired) electrons. The normalized spacial score (nSPS) is 18.8. The van der Waals surface area contributed by atoms with Gasteiger partial charge in [0.2, 0.25) is 0 Å². The van der Waals surface area contributed by atoms with Crippen LogP contribution in [0.1, 0.15) is 15.9 Å². The van der Waals surface area contributed by atoms with E-state index in [0.29, 0.717) is 5.56 Å². The molecule has 2 aromatic rings. The van der Waals surface area contributed by atoms with Gasteiger partial charge in [-0.3, -0.25) is 15.2 Å². The Morgan fingerprint density at radius 3 is 2.35 bits per heavy atom. The Morgan fingerprint density at radius 2 is 1.61 bits per heavy atom. The van der Waals surface area contributed by atoms with Crippen LogP contribution in [0.4, 0.5) is 0 Å². The lowest BCUT2D eigenvalue weighted by molar-refractivity contribution is 0.102. The van der Waals surface area contributed by atoms with E-state index >= 15 is 0 Å². The smallest absolute Gasteiger partial charge is 0.193 e. The van der Waals surface area contributed by atoms with E-state index in [9.17, 15) is 4.79 Å². The number of carbonyl (C=O) groups excluding carboxylic acids is 1. The Morgan fingerprint density at radius 1 is 0.913 bits per heavy atom. The lowest BCUT2D eigenvalue weighted by Gasteiger charge is -2.24. The molecule has 1 unspecified atom stereocenters. The minimum absolute atomic E-state index is 0.0596. The van der Waals surface area contributed by atoms with Gasteiger partial charge in [-0.25, -0.2) is 0 Å². The third-order valence-electron chi connectivity index (χ3n) is 4.10. The van der Waals surface area contributed by atoms with Gasteiger partial charge in [-0.05, 0) is 11.6 Å². The molecule has 3 heteroatoms. The zero-order chi connectivity index (χ0) is 15.6. The number of Topliss-reactive ketones (excluding diaryl/α,β-unsaturated/α-hetero) is 1. The lowest BCUT2D eigenvalue weighted by Crippen LogP contribution is -2.35. The molecule has 1 N–H and O–H groups in total. The first kappa shape index (κ1) is 13.6. The minimum atomic E-state index is -0.0806. The van der Waals surface area contributed by atoms with Crippen LogP contribution in [0.5, 0.6) is 0 Å². The summed E-state index contributed by atoms with van der Waals surface area (Å²) >= 11 is 0. The van der Waals surface area contributed by atoms with Crippen molar-refractivity contribution in [1.29, 1.82) is 0 Å². The van der Waals surface area contributed by atoms with Crippen LogP contribution in [0.25, 0.3) is 5.70 Å². The standard InChI is InChI=1S/C20H16N2O/c23-20(16-11-5-2-6-12-16)18-17-13-7-8-14-22(17)21-19(18)15-9-3-1-4-10-15/h1-14,17,21H. The molecule has 23 heavy (non-hydrogen) atoms. The van der Waals surface area contributed by atoms with E-state index in [1.165, 1.54) is 0 Å². The zero-order valence-corrected chi connectivity index (χ0v) is 12.5. The number of nitrogens with one attached hydrogen (secondary N) is 1. The number of benzene rings is 2. The zero-order valence-electron chi connectivity index (χ0n) is 12.5. The van der Waals surface area contributed by atoms with Crippen molar-refractivity contribution in [3.63, 3.8) is 0 Å². The summed E-state index contributed by atoms with van der Waals surface area (Å²) in [7, 11) is 0. The predicted octanol–water partition coefficient (Wildman–Crippen LogP) is 3.55. The molecule has 2 heterocycles. The minimum Gasteiger partial charge on any atom is -0.297 e. The second-order valence-electron chi connectivity index (χ2n) is 5.54. The van der Waals surface area contributed by atoms with Crippen LogP contribution in [0.2, 0.25) is 0 Å². The van der Waals surface area contributed by atoms with E-state index in [2.05, 4.69) is 5.43 Å². The number of rotatable bonds is 3. The molecule has 0 fully saturated rings. The number of hydrazine groups is 1. The van der Waals surface area contributed by atoms with Crippen molar-refractivity contribution >= 4 is 11.5 Å². The van der Waals surface area contributed by atoms with Crippen molar-refractivity contribution in [3.8, 4) is 0 Å². The monoisotopic (exact) mass is 300 g/mol. The van der Waals surface area contributed by atoms with Crippen LogP contribution >= 0.6 is 0 Å². The van der Waals surface area contributed by atoms with E-state index in [4.69, 9.17) is 0 Å². The molecule has 3 nitrogen and oxygen atoms in total. The highest BCUT2D eigenvalue weighted by atomic mass is 16.1. The molecular formula is C20H16N2O. The second-order valence-corrected chi connectivity index (χ2v) is 5.54. The molecule has 2 aliphatic heterocycles. The largest absolute Gasteiger partial charge is 0.297 e. The second kappa shape index (κ2) is 5.61. The fourth-order valence-corrected chi connectivity index (χ4v) is 2.99. The van der Waals surface area contributed by atoms with Crippen molar-refractivity contribution in [1.82, 2.24) is 10.4 Å². The Hall–Kier alpha value is -3.07. The number of allylic oxidation sites excluding steroid dienone is 2. The Balaban J connectivity index is 1.84. The van der Waals surface area contributed by atoms with Gasteiger partial charge in [0.15, 0.2) is 5.78 Å². The molecule has 0 aliphatic carbocycles. The van der Waals surface area contributed by atoms with Gasteiger partial charge in [0.1, 0.15) is 0 Å². The van der Waals surface area contributed by atoms with Crippen LogP contribution < -0.4 is 5.43 Å². The molecule has 1 atom stereocenters. The maximum absolute atomic E-state index is 13.1. The van der Waals surface area contributed by atoms with Crippen molar-refractivity contribution in [2.24, 2.45) is 0 Å². The van der Waals surface area contributed by atoms with Gasteiger partial charge in [0, 0.05) is 11.8 Å². The van der Waals surface area contributed by atoms with Crippen LogP contribution in [-0.4, -0.2) is 16.8 Å². The van der Waals surface area contributed by atoms with Crippen molar-refractivity contribution in [3.05, 3.63) is 102 Å². The summed E-state index contributed by atoms with van der Waals surface area (Å²) in [6.45, 7) is 0. The first-order valence-corrected chi connectivity index (χ1v) is 7.64. The van der Waals surface area contributed by atoms with E-state index < -0.39 is 0 Å². The van der Waals surface area contributed by atoms with E-state index in [1.54, 1.807) is 0 Å². The Bertz CT molecular complexity index is 819. The summed E-state index contributed by atoms with van der Waals surface area (Å²) < 4.78 is 0. The highest BCUT2D eigenvalue weighted by Gasteiger charge is 2.35. The molecule has 0 amide bonds. The highest BCUT2D eigenvalue weighted by molar-refractivity contribution is 6.14. The number of fused-ring (bicyclic) bond motifs is 1. The third-order valence-corrected chi connectivity index (χ3v) is 4.10. The molecule has 0 saturated carbocycles. The topological polar surface area (TPSA) is 32.3 Å². The summed E-state index contributed by atoms with van der Waals surface area (Å²) in [5, 5.41) is 1.97. The molecule has 0 saturated heterocycles. The van der Waals surface area contributed by atoms with Gasteiger partial charge in [-0.15, -0.1) is 0 Å². The summed E-state index contributed by atoms with van der Waals surface area (Å²) in [5.74, 6) is 0.0596. The molecule has 0 spiro atoms. The van der Waals surface area contributed by atoms with E-state index in [-0.39, 0.29) is 11.8 Å². The van der Waals surface area contributed by atoms with Crippen molar-refractivity contribution in [2.75, 3.05) is 0 Å². The quantitative estimate of drug-likeness (QED) is 0.880. The number of nitrogens with zero attached hydrogens (tertiary/aromatic N) is 1. The van der Waals surface area contributed by atoms with Gasteiger partial charge in [-0.1, -0.05) is 72.8 Å². The summed E-state index contributed by atoms with van der Waals surface area (Å²) in [6, 6.07) is 19.3. The Labute approximate surface area is 135 Å². The molecule has 4 rings (SSSR count). The number of carbonyl (C=O) groups is 1. The summed E-state index contributed by atoms with van der Waals surface area (Å²) in [6.07, 6.45) is 7.94. The van der Waals surface area contributed by atoms with Crippen LogP contribution in [0, 0.1) is 0 Å². The molecule has 2 aromatic carbocycles. The summed E-state index contributed by atoms with van der Waals surface area (Å²) in [4.78, 5) is 13.1. The van der Waals surface area contributed by atoms with Crippen LogP contribution in [0.3, 0.4) is 0 Å². The fraction of sp³-hybridized carbons (Fsp3) is 0.0500. The third kappa shape index (κ3) is 2.36. The van der Waals surface area contributed by atoms with E-state index in [1.807, 2.05) is 90.1 Å². The van der Waals surface area contributed by atoms with Gasteiger partial charge in [0.05, 0.1) is 17.3 Å². The summed E-state index contributed by atoms with van der Waals surface area (Å²) in [5.41, 5.74) is 6.75. The lowest BCUT2D eigenvalue weighted by atomic mass is 9.93.